The Morgan fingerprint density at radius 2 is 1.73 bits per heavy atom. The fraction of sp³-hybridized carbons (Fsp3) is 0.265. The number of carbonyl (C=O) groups is 1. The summed E-state index contributed by atoms with van der Waals surface area (Å²) in [5.41, 5.74) is 5.02. The van der Waals surface area contributed by atoms with Gasteiger partial charge in [-0.3, -0.25) is 19.1 Å². The maximum Gasteiger partial charge on any atom is 0.259 e. The molecule has 0 unspecified atom stereocenters. The van der Waals surface area contributed by atoms with E-state index in [1.165, 1.54) is 34.8 Å². The van der Waals surface area contributed by atoms with Crippen LogP contribution in [0.1, 0.15) is 31.2 Å². The number of likely N-dealkylation sites (tertiary alicyclic amines) is 1. The largest absolute Gasteiger partial charge is 0.324 e. The molecule has 1 aliphatic heterocycles. The molecule has 1 fully saturated rings. The molecule has 1 amide bonds. The lowest BCUT2D eigenvalue weighted by Crippen LogP contribution is -2.29. The molecular formula is C34H34ClN7O2. The molecular weight excluding hydrogens is 574 g/mol. The molecule has 5 aromatic rings. The minimum Gasteiger partial charge on any atom is -0.324 e. The Kier molecular flexibility index (Phi) is 8.16. The highest BCUT2D eigenvalue weighted by atomic mass is 35.5. The van der Waals surface area contributed by atoms with Crippen molar-refractivity contribution in [2.24, 2.45) is 7.05 Å². The predicted octanol–water partition coefficient (Wildman–Crippen LogP) is 6.25. The SMILES string of the molecule is CC(=O)N(C)c1ncccc1-c1ccc(Cl)c(-c2cc3cnc(Nc4ccc(C5CCN(C)CC5)cc4)nc3n(C)c2=O)c1. The van der Waals surface area contributed by atoms with Crippen LogP contribution in [0.2, 0.25) is 5.02 Å². The van der Waals surface area contributed by atoms with Crippen LogP contribution in [-0.4, -0.2) is 57.5 Å². The maximum absolute atomic E-state index is 13.7. The fourth-order valence-electron chi connectivity index (χ4n) is 5.75. The number of rotatable bonds is 6. The van der Waals surface area contributed by atoms with Crippen LogP contribution in [0.4, 0.5) is 17.5 Å². The van der Waals surface area contributed by atoms with Crippen LogP contribution < -0.4 is 15.8 Å². The Labute approximate surface area is 261 Å². The molecule has 0 aliphatic carbocycles. The first-order valence-electron chi connectivity index (χ1n) is 14.6. The average Bonchev–Trinajstić information content (AvgIpc) is 3.04. The van der Waals surface area contributed by atoms with E-state index in [0.717, 1.165) is 29.9 Å². The highest BCUT2D eigenvalue weighted by molar-refractivity contribution is 6.33. The fourth-order valence-corrected chi connectivity index (χ4v) is 5.97. The molecule has 0 saturated carbocycles. The summed E-state index contributed by atoms with van der Waals surface area (Å²) >= 11 is 6.66. The van der Waals surface area contributed by atoms with Crippen LogP contribution in [0.3, 0.4) is 0 Å². The molecule has 2 aromatic carbocycles. The molecule has 1 saturated heterocycles. The van der Waals surface area contributed by atoms with E-state index in [1.807, 2.05) is 24.3 Å². The molecule has 3 aromatic heterocycles. The van der Waals surface area contributed by atoms with Crippen molar-refractivity contribution in [3.63, 3.8) is 0 Å². The first-order valence-corrected chi connectivity index (χ1v) is 15.0. The number of aromatic nitrogens is 4. The van der Waals surface area contributed by atoms with Crippen molar-refractivity contribution in [3.05, 3.63) is 94.0 Å². The molecule has 44 heavy (non-hydrogen) atoms. The second-order valence-corrected chi connectivity index (χ2v) is 11.8. The average molecular weight is 608 g/mol. The van der Waals surface area contributed by atoms with Gasteiger partial charge in [0.25, 0.3) is 5.56 Å². The lowest BCUT2D eigenvalue weighted by molar-refractivity contribution is -0.116. The van der Waals surface area contributed by atoms with E-state index in [2.05, 4.69) is 56.5 Å². The predicted molar refractivity (Wildman–Crippen MR) is 177 cm³/mol. The van der Waals surface area contributed by atoms with Crippen molar-refractivity contribution in [2.75, 3.05) is 37.4 Å². The van der Waals surface area contributed by atoms with Gasteiger partial charge in [0.15, 0.2) is 0 Å². The number of nitrogens with one attached hydrogen (secondary N) is 1. The number of carbonyl (C=O) groups excluding carboxylic acids is 1. The summed E-state index contributed by atoms with van der Waals surface area (Å²) in [7, 11) is 5.55. The summed E-state index contributed by atoms with van der Waals surface area (Å²) in [5.74, 6) is 1.38. The third kappa shape index (κ3) is 5.80. The van der Waals surface area contributed by atoms with Gasteiger partial charge in [0.1, 0.15) is 11.5 Å². The van der Waals surface area contributed by atoms with E-state index < -0.39 is 0 Å². The molecule has 224 valence electrons. The van der Waals surface area contributed by atoms with Crippen molar-refractivity contribution in [2.45, 2.75) is 25.7 Å². The van der Waals surface area contributed by atoms with E-state index in [-0.39, 0.29) is 11.5 Å². The number of aryl methyl sites for hydroxylation is 1. The smallest absolute Gasteiger partial charge is 0.259 e. The third-order valence-electron chi connectivity index (χ3n) is 8.45. The van der Waals surface area contributed by atoms with Crippen molar-refractivity contribution >= 4 is 46.0 Å². The van der Waals surface area contributed by atoms with Gasteiger partial charge >= 0.3 is 0 Å². The van der Waals surface area contributed by atoms with Gasteiger partial charge < -0.3 is 10.2 Å². The van der Waals surface area contributed by atoms with Gasteiger partial charge in [-0.05, 0) is 92.5 Å². The van der Waals surface area contributed by atoms with E-state index in [1.54, 1.807) is 38.6 Å². The lowest BCUT2D eigenvalue weighted by Gasteiger charge is -2.29. The molecule has 0 radical (unpaired) electrons. The van der Waals surface area contributed by atoms with Crippen molar-refractivity contribution in [1.82, 2.24) is 24.4 Å². The van der Waals surface area contributed by atoms with E-state index >= 15 is 0 Å². The van der Waals surface area contributed by atoms with Crippen LogP contribution in [0.25, 0.3) is 33.3 Å². The molecule has 6 rings (SSSR count). The number of amides is 1. The van der Waals surface area contributed by atoms with Gasteiger partial charge in [0.2, 0.25) is 11.9 Å². The Morgan fingerprint density at radius 3 is 2.45 bits per heavy atom. The zero-order valence-corrected chi connectivity index (χ0v) is 26.0. The van der Waals surface area contributed by atoms with Crippen LogP contribution in [0.5, 0.6) is 0 Å². The number of hydrogen-bond acceptors (Lipinski definition) is 7. The van der Waals surface area contributed by atoms with Crippen LogP contribution in [0, 0.1) is 0 Å². The molecule has 0 bridgehead atoms. The highest BCUT2D eigenvalue weighted by Crippen LogP contribution is 2.35. The van der Waals surface area contributed by atoms with Gasteiger partial charge in [0.05, 0.1) is 0 Å². The second kappa shape index (κ2) is 12.2. The normalized spacial score (nSPS) is 14.1. The van der Waals surface area contributed by atoms with Crippen molar-refractivity contribution in [1.29, 1.82) is 0 Å². The molecule has 1 aliphatic rings. The Hall–Kier alpha value is -4.60. The summed E-state index contributed by atoms with van der Waals surface area (Å²) in [6, 6.07) is 19.4. The third-order valence-corrected chi connectivity index (χ3v) is 8.78. The second-order valence-electron chi connectivity index (χ2n) is 11.4. The number of benzene rings is 2. The minimum atomic E-state index is -0.240. The number of anilines is 3. The number of pyridine rings is 2. The molecule has 9 nitrogen and oxygen atoms in total. The van der Waals surface area contributed by atoms with E-state index in [4.69, 9.17) is 11.6 Å². The summed E-state index contributed by atoms with van der Waals surface area (Å²) in [5, 5.41) is 4.41. The number of nitrogens with zero attached hydrogens (tertiary/aromatic N) is 6. The number of halogens is 1. The van der Waals surface area contributed by atoms with Crippen molar-refractivity contribution < 1.29 is 4.79 Å². The van der Waals surface area contributed by atoms with Crippen LogP contribution in [0.15, 0.2) is 77.9 Å². The standard InChI is InChI=1S/C34H34ClN7O2/c1-21(43)41(3)32-27(6-5-15-36-32)24-9-12-30(35)28(18-24)29-19-25-20-37-34(39-31(25)42(4)33(29)44)38-26-10-7-22(8-11-26)23-13-16-40(2)17-14-23/h5-12,15,18-20,23H,13-14,16-17H2,1-4H3,(H,37,38,39). The summed E-state index contributed by atoms with van der Waals surface area (Å²) in [4.78, 5) is 43.3. The summed E-state index contributed by atoms with van der Waals surface area (Å²) in [6.07, 6.45) is 5.69. The summed E-state index contributed by atoms with van der Waals surface area (Å²) in [6.45, 7) is 3.73. The Morgan fingerprint density at radius 1 is 0.977 bits per heavy atom. The Bertz CT molecular complexity index is 1910. The zero-order chi connectivity index (χ0) is 31.0. The summed E-state index contributed by atoms with van der Waals surface area (Å²) < 4.78 is 1.52. The molecule has 4 heterocycles. The molecule has 0 atom stereocenters. The maximum atomic E-state index is 13.7. The Balaban J connectivity index is 1.30. The van der Waals surface area contributed by atoms with Gasteiger partial charge in [0, 0.05) is 66.2 Å². The van der Waals surface area contributed by atoms with Crippen LogP contribution >= 0.6 is 11.6 Å². The van der Waals surface area contributed by atoms with Crippen molar-refractivity contribution in [3.8, 4) is 22.3 Å². The molecule has 0 spiro atoms. The van der Waals surface area contributed by atoms with Crippen LogP contribution in [-0.2, 0) is 11.8 Å². The van der Waals surface area contributed by atoms with Gasteiger partial charge in [-0.25, -0.2) is 9.97 Å². The zero-order valence-electron chi connectivity index (χ0n) is 25.2. The van der Waals surface area contributed by atoms with Gasteiger partial charge in [-0.1, -0.05) is 29.8 Å². The number of fused-ring (bicyclic) bond motifs is 1. The molecule has 1 N–H and O–H groups in total. The minimum absolute atomic E-state index is 0.138. The van der Waals surface area contributed by atoms with Gasteiger partial charge in [-0.2, -0.15) is 4.98 Å². The quantitative estimate of drug-likeness (QED) is 0.244. The van der Waals surface area contributed by atoms with E-state index in [0.29, 0.717) is 44.9 Å². The number of piperidine rings is 1. The monoisotopic (exact) mass is 607 g/mol. The first-order chi connectivity index (χ1) is 21.2. The number of hydrogen-bond donors (Lipinski definition) is 1. The lowest BCUT2D eigenvalue weighted by atomic mass is 9.89. The van der Waals surface area contributed by atoms with Gasteiger partial charge in [-0.15, -0.1) is 0 Å². The molecule has 10 heteroatoms. The van der Waals surface area contributed by atoms with E-state index in [9.17, 15) is 9.59 Å². The highest BCUT2D eigenvalue weighted by Gasteiger charge is 2.20. The topological polar surface area (TPSA) is 96.2 Å². The first kappa shape index (κ1) is 29.5.